The highest BCUT2D eigenvalue weighted by molar-refractivity contribution is 6.05. The molecule has 0 aliphatic carbocycles. The van der Waals surface area contributed by atoms with Gasteiger partial charge in [0.1, 0.15) is 6.54 Å². The van der Waals surface area contributed by atoms with E-state index in [0.29, 0.717) is 22.8 Å². The minimum absolute atomic E-state index is 0.245. The second-order valence-electron chi connectivity index (χ2n) is 8.31. The Kier molecular flexibility index (Phi) is 7.54. The number of amides is 1. The van der Waals surface area contributed by atoms with Gasteiger partial charge in [0.15, 0.2) is 11.5 Å². The third-order valence-corrected chi connectivity index (χ3v) is 6.18. The molecule has 178 valence electrons. The van der Waals surface area contributed by atoms with E-state index in [-0.39, 0.29) is 5.91 Å². The number of anilines is 2. The predicted octanol–water partition coefficient (Wildman–Crippen LogP) is 2.87. The van der Waals surface area contributed by atoms with Gasteiger partial charge < -0.3 is 29.3 Å². The molecular weight excluding hydrogens is 430 g/mol. The second kappa shape index (κ2) is 10.9. The summed E-state index contributed by atoms with van der Waals surface area (Å²) in [6.07, 6.45) is 0. The number of hydrogen-bond acceptors (Lipinski definition) is 5. The van der Waals surface area contributed by atoms with Crippen LogP contribution in [0.5, 0.6) is 17.2 Å². The molecule has 0 spiro atoms. The standard InChI is InChI=1S/C27H31N3O4/c1-32-24-17-21(18-25(33-2)26(24)34-3)27(31)28-22-9-11-23(12-10-22)30-15-13-29(14-16-30)19-20-7-5-4-6-8-20/h4-12,17-18H,13-16,19H2,1-3H3,(H,28,31)/p+1. The fraction of sp³-hybridized carbons (Fsp3) is 0.296. The van der Waals surface area contributed by atoms with Crippen LogP contribution in [-0.4, -0.2) is 53.4 Å². The van der Waals surface area contributed by atoms with E-state index in [1.165, 1.54) is 32.6 Å². The third-order valence-electron chi connectivity index (χ3n) is 6.18. The number of piperazine rings is 1. The van der Waals surface area contributed by atoms with E-state index in [0.717, 1.165) is 38.4 Å². The van der Waals surface area contributed by atoms with Gasteiger partial charge in [-0.05, 0) is 36.4 Å². The van der Waals surface area contributed by atoms with Crippen LogP contribution in [0.15, 0.2) is 66.7 Å². The lowest BCUT2D eigenvalue weighted by molar-refractivity contribution is -0.914. The van der Waals surface area contributed by atoms with Crippen molar-refractivity contribution in [3.05, 3.63) is 77.9 Å². The van der Waals surface area contributed by atoms with Gasteiger partial charge in [0.25, 0.3) is 5.91 Å². The van der Waals surface area contributed by atoms with Gasteiger partial charge in [-0.15, -0.1) is 0 Å². The number of ether oxygens (including phenoxy) is 3. The van der Waals surface area contributed by atoms with E-state index in [1.807, 2.05) is 12.1 Å². The minimum atomic E-state index is -0.245. The highest BCUT2D eigenvalue weighted by Gasteiger charge is 2.21. The molecule has 0 bridgehead atoms. The lowest BCUT2D eigenvalue weighted by Crippen LogP contribution is -3.13. The quantitative estimate of drug-likeness (QED) is 0.539. The van der Waals surface area contributed by atoms with Crippen molar-refractivity contribution in [3.63, 3.8) is 0 Å². The van der Waals surface area contributed by atoms with Crippen molar-refractivity contribution in [3.8, 4) is 17.2 Å². The number of nitrogens with one attached hydrogen (secondary N) is 2. The van der Waals surface area contributed by atoms with Crippen LogP contribution in [0.1, 0.15) is 15.9 Å². The van der Waals surface area contributed by atoms with Crippen LogP contribution in [0.3, 0.4) is 0 Å². The molecule has 1 saturated heterocycles. The SMILES string of the molecule is COc1cc(C(=O)Nc2ccc(N3CC[NH+](Cc4ccccc4)CC3)cc2)cc(OC)c1OC. The van der Waals surface area contributed by atoms with Gasteiger partial charge in [-0.1, -0.05) is 30.3 Å². The Hall–Kier alpha value is -3.71. The Labute approximate surface area is 200 Å². The van der Waals surface area contributed by atoms with E-state index in [4.69, 9.17) is 14.2 Å². The minimum Gasteiger partial charge on any atom is -0.493 e. The maximum atomic E-state index is 12.8. The van der Waals surface area contributed by atoms with E-state index in [9.17, 15) is 4.79 Å². The summed E-state index contributed by atoms with van der Waals surface area (Å²) in [6, 6.07) is 22.0. The van der Waals surface area contributed by atoms with Crippen molar-refractivity contribution in [1.29, 1.82) is 0 Å². The van der Waals surface area contributed by atoms with E-state index >= 15 is 0 Å². The molecule has 1 aliphatic rings. The van der Waals surface area contributed by atoms with Gasteiger partial charge in [-0.2, -0.15) is 0 Å². The number of nitrogens with zero attached hydrogens (tertiary/aromatic N) is 1. The van der Waals surface area contributed by atoms with E-state index in [1.54, 1.807) is 17.0 Å². The molecule has 4 rings (SSSR count). The molecule has 7 heteroatoms. The third kappa shape index (κ3) is 5.43. The van der Waals surface area contributed by atoms with Gasteiger partial charge in [0, 0.05) is 22.5 Å². The van der Waals surface area contributed by atoms with Crippen LogP contribution < -0.4 is 29.3 Å². The van der Waals surface area contributed by atoms with Crippen LogP contribution in [-0.2, 0) is 6.54 Å². The van der Waals surface area contributed by atoms with Gasteiger partial charge in [0.05, 0.1) is 47.5 Å². The lowest BCUT2D eigenvalue weighted by atomic mass is 10.1. The summed E-state index contributed by atoms with van der Waals surface area (Å²) in [6.45, 7) is 5.31. The van der Waals surface area contributed by atoms with Crippen LogP contribution in [0.4, 0.5) is 11.4 Å². The van der Waals surface area contributed by atoms with Crippen molar-refractivity contribution in [2.24, 2.45) is 0 Å². The van der Waals surface area contributed by atoms with E-state index < -0.39 is 0 Å². The molecule has 1 aliphatic heterocycles. The Morgan fingerprint density at radius 2 is 1.50 bits per heavy atom. The summed E-state index contributed by atoms with van der Waals surface area (Å²) in [5.41, 5.74) is 3.72. The molecule has 34 heavy (non-hydrogen) atoms. The van der Waals surface area contributed by atoms with Crippen molar-refractivity contribution in [2.75, 3.05) is 57.7 Å². The molecule has 3 aromatic rings. The largest absolute Gasteiger partial charge is 0.493 e. The molecular formula is C27H32N3O4+. The zero-order valence-corrected chi connectivity index (χ0v) is 20.0. The molecule has 0 radical (unpaired) electrons. The Bertz CT molecular complexity index is 1070. The average molecular weight is 463 g/mol. The van der Waals surface area contributed by atoms with Crippen molar-refractivity contribution >= 4 is 17.3 Å². The van der Waals surface area contributed by atoms with Gasteiger partial charge in [0.2, 0.25) is 5.75 Å². The van der Waals surface area contributed by atoms with Crippen LogP contribution in [0, 0.1) is 0 Å². The molecule has 2 N–H and O–H groups in total. The summed E-state index contributed by atoms with van der Waals surface area (Å²) >= 11 is 0. The molecule has 0 atom stereocenters. The number of carbonyl (C=O) groups is 1. The lowest BCUT2D eigenvalue weighted by Gasteiger charge is -2.33. The second-order valence-corrected chi connectivity index (χ2v) is 8.31. The van der Waals surface area contributed by atoms with Gasteiger partial charge >= 0.3 is 0 Å². The highest BCUT2D eigenvalue weighted by atomic mass is 16.5. The number of benzene rings is 3. The van der Waals surface area contributed by atoms with E-state index in [2.05, 4.69) is 52.7 Å². The predicted molar refractivity (Wildman–Crippen MR) is 134 cm³/mol. The Morgan fingerprint density at radius 3 is 2.06 bits per heavy atom. The fourth-order valence-electron chi connectivity index (χ4n) is 4.31. The fourth-order valence-corrected chi connectivity index (χ4v) is 4.31. The molecule has 0 unspecified atom stereocenters. The summed E-state index contributed by atoms with van der Waals surface area (Å²) in [4.78, 5) is 16.9. The molecule has 0 aromatic heterocycles. The van der Waals surface area contributed by atoms with Crippen molar-refractivity contribution in [2.45, 2.75) is 6.54 Å². The highest BCUT2D eigenvalue weighted by Crippen LogP contribution is 2.38. The zero-order chi connectivity index (χ0) is 23.9. The molecule has 1 fully saturated rings. The zero-order valence-electron chi connectivity index (χ0n) is 20.0. The maximum Gasteiger partial charge on any atom is 0.255 e. The monoisotopic (exact) mass is 462 g/mol. The first-order chi connectivity index (χ1) is 16.6. The topological polar surface area (TPSA) is 64.5 Å². The van der Waals surface area contributed by atoms with Crippen LogP contribution in [0.2, 0.25) is 0 Å². The maximum absolute atomic E-state index is 12.8. The number of methoxy groups -OCH3 is 3. The van der Waals surface area contributed by atoms with Crippen LogP contribution in [0.25, 0.3) is 0 Å². The van der Waals surface area contributed by atoms with Crippen molar-refractivity contribution < 1.29 is 23.9 Å². The number of rotatable bonds is 8. The Morgan fingerprint density at radius 1 is 0.882 bits per heavy atom. The number of quaternary nitrogens is 1. The molecule has 0 saturated carbocycles. The smallest absolute Gasteiger partial charge is 0.255 e. The average Bonchev–Trinajstić information content (AvgIpc) is 2.89. The first-order valence-corrected chi connectivity index (χ1v) is 11.4. The molecule has 3 aromatic carbocycles. The van der Waals surface area contributed by atoms with Crippen LogP contribution >= 0.6 is 0 Å². The van der Waals surface area contributed by atoms with Crippen molar-refractivity contribution in [1.82, 2.24) is 0 Å². The number of hydrogen-bond donors (Lipinski definition) is 2. The Balaban J connectivity index is 1.36. The molecule has 1 heterocycles. The first kappa shape index (κ1) is 23.4. The summed E-state index contributed by atoms with van der Waals surface area (Å²) in [7, 11) is 4.59. The number of carbonyl (C=O) groups excluding carboxylic acids is 1. The normalized spacial score (nSPS) is 13.9. The molecule has 1 amide bonds. The van der Waals surface area contributed by atoms with Gasteiger partial charge in [-0.25, -0.2) is 0 Å². The summed E-state index contributed by atoms with van der Waals surface area (Å²) < 4.78 is 16.0. The summed E-state index contributed by atoms with van der Waals surface area (Å²) in [5.74, 6) is 1.09. The first-order valence-electron chi connectivity index (χ1n) is 11.4. The molecule has 7 nitrogen and oxygen atoms in total. The van der Waals surface area contributed by atoms with Gasteiger partial charge in [-0.3, -0.25) is 4.79 Å². The summed E-state index contributed by atoms with van der Waals surface area (Å²) in [5, 5.41) is 2.95.